The van der Waals surface area contributed by atoms with Crippen LogP contribution in [-0.2, 0) is 14.3 Å². The van der Waals surface area contributed by atoms with Crippen LogP contribution in [0.1, 0.15) is 32.1 Å². The number of ether oxygens (including phenoxy) is 1. The van der Waals surface area contributed by atoms with Gasteiger partial charge in [0, 0.05) is 12.5 Å². The molecule has 0 aliphatic carbocycles. The van der Waals surface area contributed by atoms with E-state index in [-0.39, 0.29) is 5.97 Å². The molecule has 0 aliphatic rings. The summed E-state index contributed by atoms with van der Waals surface area (Å²) in [5, 5.41) is 10.2. The molecule has 2 N–H and O–H groups in total. The Kier molecular flexibility index (Phi) is 6.74. The fourth-order valence-corrected chi connectivity index (χ4v) is 1.03. The van der Waals surface area contributed by atoms with E-state index >= 15 is 0 Å². The van der Waals surface area contributed by atoms with E-state index in [0.29, 0.717) is 25.7 Å². The van der Waals surface area contributed by atoms with Gasteiger partial charge in [0.05, 0.1) is 13.1 Å². The molecule has 0 bridgehead atoms. The Hall–Kier alpha value is -1.10. The standard InChI is InChI=1S/C9H17NO4/c1-14-8(11)6-4-2-3-5-7(10)9(12)13/h7H,2-6,10H2,1H3,(H,12,13)/p-1. The molecule has 0 aromatic heterocycles. The lowest BCUT2D eigenvalue weighted by atomic mass is 10.1. The van der Waals surface area contributed by atoms with Crippen molar-refractivity contribution in [3.05, 3.63) is 0 Å². The summed E-state index contributed by atoms with van der Waals surface area (Å²) in [4.78, 5) is 20.9. The van der Waals surface area contributed by atoms with Gasteiger partial charge < -0.3 is 20.4 Å². The molecule has 1 atom stereocenters. The molecule has 0 amide bonds. The maximum Gasteiger partial charge on any atom is 0.305 e. The summed E-state index contributed by atoms with van der Waals surface area (Å²) in [7, 11) is 1.34. The zero-order valence-electron chi connectivity index (χ0n) is 8.32. The molecule has 5 heteroatoms. The van der Waals surface area contributed by atoms with Crippen molar-refractivity contribution in [3.63, 3.8) is 0 Å². The van der Waals surface area contributed by atoms with Crippen LogP contribution in [0.3, 0.4) is 0 Å². The third-order valence-electron chi connectivity index (χ3n) is 1.93. The Morgan fingerprint density at radius 1 is 1.36 bits per heavy atom. The Bertz CT molecular complexity index is 193. The van der Waals surface area contributed by atoms with Crippen LogP contribution >= 0.6 is 0 Å². The highest BCUT2D eigenvalue weighted by Crippen LogP contribution is 2.05. The van der Waals surface area contributed by atoms with Gasteiger partial charge in [-0.2, -0.15) is 0 Å². The van der Waals surface area contributed by atoms with Gasteiger partial charge in [-0.15, -0.1) is 0 Å². The molecular weight excluding hydrogens is 186 g/mol. The van der Waals surface area contributed by atoms with Gasteiger partial charge in [-0.1, -0.05) is 12.8 Å². The maximum absolute atomic E-state index is 10.7. The van der Waals surface area contributed by atoms with Gasteiger partial charge in [-0.05, 0) is 12.8 Å². The highest BCUT2D eigenvalue weighted by Gasteiger charge is 2.03. The van der Waals surface area contributed by atoms with Gasteiger partial charge in [-0.25, -0.2) is 0 Å². The number of rotatable bonds is 7. The lowest BCUT2D eigenvalue weighted by Gasteiger charge is -2.11. The van der Waals surface area contributed by atoms with Crippen molar-refractivity contribution in [2.24, 2.45) is 5.73 Å². The number of nitrogens with two attached hydrogens (primary N) is 1. The molecule has 0 aromatic carbocycles. The lowest BCUT2D eigenvalue weighted by Crippen LogP contribution is -2.41. The second-order valence-corrected chi connectivity index (χ2v) is 3.10. The van der Waals surface area contributed by atoms with Gasteiger partial charge in [0.1, 0.15) is 0 Å². The first-order valence-corrected chi connectivity index (χ1v) is 4.61. The zero-order chi connectivity index (χ0) is 11.0. The largest absolute Gasteiger partial charge is 0.548 e. The number of carboxylic acid groups (broad SMARTS) is 1. The summed E-state index contributed by atoms with van der Waals surface area (Å²) in [6.07, 6.45) is 2.93. The first kappa shape index (κ1) is 12.9. The predicted octanol–water partition coefficient (Wildman–Crippen LogP) is -0.813. The fraction of sp³-hybridized carbons (Fsp3) is 0.778. The lowest BCUT2D eigenvalue weighted by molar-refractivity contribution is -0.307. The van der Waals surface area contributed by atoms with Gasteiger partial charge in [0.15, 0.2) is 0 Å². The minimum atomic E-state index is -1.22. The Morgan fingerprint density at radius 2 is 2.00 bits per heavy atom. The number of unbranched alkanes of at least 4 members (excludes halogenated alkanes) is 2. The summed E-state index contributed by atoms with van der Waals surface area (Å²) >= 11 is 0. The SMILES string of the molecule is COC(=O)CCCCCC(N)C(=O)[O-]. The first-order chi connectivity index (χ1) is 6.57. The number of esters is 1. The van der Waals surface area contributed by atoms with E-state index in [0.717, 1.165) is 6.42 Å². The second kappa shape index (κ2) is 7.32. The van der Waals surface area contributed by atoms with Crippen molar-refractivity contribution >= 4 is 11.9 Å². The molecule has 0 saturated heterocycles. The van der Waals surface area contributed by atoms with Crippen molar-refractivity contribution in [1.82, 2.24) is 0 Å². The third-order valence-corrected chi connectivity index (χ3v) is 1.93. The number of hydrogen-bond donors (Lipinski definition) is 1. The van der Waals surface area contributed by atoms with E-state index in [4.69, 9.17) is 5.73 Å². The average Bonchev–Trinajstić information content (AvgIpc) is 2.16. The Morgan fingerprint density at radius 3 is 2.50 bits per heavy atom. The molecule has 0 saturated carbocycles. The van der Waals surface area contributed by atoms with Crippen molar-refractivity contribution in [2.45, 2.75) is 38.1 Å². The highest BCUT2D eigenvalue weighted by atomic mass is 16.5. The minimum Gasteiger partial charge on any atom is -0.548 e. The van der Waals surface area contributed by atoms with Gasteiger partial charge in [-0.3, -0.25) is 4.79 Å². The summed E-state index contributed by atoms with van der Waals surface area (Å²) < 4.78 is 4.45. The summed E-state index contributed by atoms with van der Waals surface area (Å²) in [5.41, 5.74) is 5.23. The number of carboxylic acids is 1. The maximum atomic E-state index is 10.7. The van der Waals surface area contributed by atoms with Gasteiger partial charge in [0.25, 0.3) is 0 Å². The van der Waals surface area contributed by atoms with E-state index in [1.807, 2.05) is 0 Å². The van der Waals surface area contributed by atoms with E-state index in [1.54, 1.807) is 0 Å². The van der Waals surface area contributed by atoms with E-state index in [2.05, 4.69) is 4.74 Å². The van der Waals surface area contributed by atoms with E-state index in [1.165, 1.54) is 7.11 Å². The third kappa shape index (κ3) is 6.42. The fourth-order valence-electron chi connectivity index (χ4n) is 1.03. The van der Waals surface area contributed by atoms with E-state index in [9.17, 15) is 14.7 Å². The number of hydrogen-bond acceptors (Lipinski definition) is 5. The number of carbonyl (C=O) groups excluding carboxylic acids is 2. The van der Waals surface area contributed by atoms with Crippen LogP contribution in [0.5, 0.6) is 0 Å². The van der Waals surface area contributed by atoms with Gasteiger partial charge >= 0.3 is 5.97 Å². The monoisotopic (exact) mass is 202 g/mol. The van der Waals surface area contributed by atoms with Crippen LogP contribution in [0.15, 0.2) is 0 Å². The quantitative estimate of drug-likeness (QED) is 0.430. The van der Waals surface area contributed by atoms with Crippen molar-refractivity contribution in [1.29, 1.82) is 0 Å². The summed E-state index contributed by atoms with van der Waals surface area (Å²) in [5.74, 6) is -1.47. The zero-order valence-corrected chi connectivity index (χ0v) is 8.32. The van der Waals surface area contributed by atoms with Crippen molar-refractivity contribution in [2.75, 3.05) is 7.11 Å². The number of methoxy groups -OCH3 is 1. The molecule has 0 heterocycles. The molecule has 1 unspecified atom stereocenters. The summed E-state index contributed by atoms with van der Waals surface area (Å²) in [6.45, 7) is 0. The predicted molar refractivity (Wildman–Crippen MR) is 48.1 cm³/mol. The number of carbonyl (C=O) groups is 2. The first-order valence-electron chi connectivity index (χ1n) is 4.61. The highest BCUT2D eigenvalue weighted by molar-refractivity contribution is 5.70. The van der Waals surface area contributed by atoms with Crippen LogP contribution < -0.4 is 10.8 Å². The molecule has 5 nitrogen and oxygen atoms in total. The minimum absolute atomic E-state index is 0.241. The smallest absolute Gasteiger partial charge is 0.305 e. The van der Waals surface area contributed by atoms with Crippen LogP contribution in [0.25, 0.3) is 0 Å². The van der Waals surface area contributed by atoms with Crippen LogP contribution in [0, 0.1) is 0 Å². The summed E-state index contributed by atoms with van der Waals surface area (Å²) in [6, 6.07) is -0.895. The van der Waals surface area contributed by atoms with Crippen molar-refractivity contribution in [3.8, 4) is 0 Å². The van der Waals surface area contributed by atoms with Crippen molar-refractivity contribution < 1.29 is 19.4 Å². The second-order valence-electron chi connectivity index (χ2n) is 3.10. The molecule has 0 fully saturated rings. The molecule has 0 spiro atoms. The molecule has 0 aliphatic heterocycles. The average molecular weight is 202 g/mol. The van der Waals surface area contributed by atoms with Crippen LogP contribution in [-0.4, -0.2) is 25.1 Å². The van der Waals surface area contributed by atoms with Crippen LogP contribution in [0.4, 0.5) is 0 Å². The molecule has 0 aromatic rings. The molecule has 0 radical (unpaired) electrons. The topological polar surface area (TPSA) is 92.5 Å². The van der Waals surface area contributed by atoms with Crippen LogP contribution in [0.2, 0.25) is 0 Å². The molecule has 14 heavy (non-hydrogen) atoms. The number of aliphatic carboxylic acids is 1. The molecular formula is C9H16NO4-. The molecule has 82 valence electrons. The van der Waals surface area contributed by atoms with Gasteiger partial charge in [0.2, 0.25) is 0 Å². The van der Waals surface area contributed by atoms with E-state index < -0.39 is 12.0 Å². The molecule has 0 rings (SSSR count). The Labute approximate surface area is 83.2 Å². The normalized spacial score (nSPS) is 12.1. The Balaban J connectivity index is 3.30.